The van der Waals surface area contributed by atoms with Crippen LogP contribution in [0.5, 0.6) is 0 Å². The molecule has 0 aliphatic carbocycles. The predicted octanol–water partition coefficient (Wildman–Crippen LogP) is 4.76. The fraction of sp³-hybridized carbons (Fsp3) is 0.0625. The molecule has 0 fully saturated rings. The molecule has 0 N–H and O–H groups in total. The zero-order valence-electron chi connectivity index (χ0n) is 10.6. The first kappa shape index (κ1) is 11.7. The standard InChI is InChI=1S/C16H9BrO3/c1-8-6-9-7-11-14(18)10-4-2-3-5-12(10)20-16(11)13(17)15(9)19-8/h2-7H,1H3. The molecule has 0 bridgehead atoms. The van der Waals surface area contributed by atoms with Crippen molar-refractivity contribution in [3.8, 4) is 0 Å². The molecule has 0 radical (unpaired) electrons. The van der Waals surface area contributed by atoms with Crippen LogP contribution in [0.25, 0.3) is 32.9 Å². The first-order chi connectivity index (χ1) is 9.65. The molecule has 4 aromatic rings. The predicted molar refractivity (Wildman–Crippen MR) is 82.2 cm³/mol. The topological polar surface area (TPSA) is 43.4 Å². The van der Waals surface area contributed by atoms with Gasteiger partial charge < -0.3 is 8.83 Å². The highest BCUT2D eigenvalue weighted by molar-refractivity contribution is 9.10. The smallest absolute Gasteiger partial charge is 0.200 e. The van der Waals surface area contributed by atoms with Crippen molar-refractivity contribution in [2.24, 2.45) is 0 Å². The Hall–Kier alpha value is -2.07. The lowest BCUT2D eigenvalue weighted by Crippen LogP contribution is -2.02. The molecule has 2 aromatic heterocycles. The van der Waals surface area contributed by atoms with Crippen LogP contribution in [0, 0.1) is 6.92 Å². The third-order valence-electron chi connectivity index (χ3n) is 3.42. The van der Waals surface area contributed by atoms with Crippen LogP contribution in [0.3, 0.4) is 0 Å². The molecule has 0 aliphatic rings. The number of hydrogen-bond donors (Lipinski definition) is 0. The van der Waals surface area contributed by atoms with E-state index < -0.39 is 0 Å². The number of rotatable bonds is 0. The largest absolute Gasteiger partial charge is 0.460 e. The van der Waals surface area contributed by atoms with Crippen molar-refractivity contribution < 1.29 is 8.83 Å². The van der Waals surface area contributed by atoms with E-state index in [1.54, 1.807) is 12.1 Å². The van der Waals surface area contributed by atoms with E-state index in [1.165, 1.54) is 0 Å². The Bertz CT molecular complexity index is 1040. The van der Waals surface area contributed by atoms with Crippen LogP contribution in [0.2, 0.25) is 0 Å². The summed E-state index contributed by atoms with van der Waals surface area (Å²) in [6.45, 7) is 1.88. The van der Waals surface area contributed by atoms with Gasteiger partial charge in [0.1, 0.15) is 15.8 Å². The van der Waals surface area contributed by atoms with Gasteiger partial charge in [0.2, 0.25) is 5.43 Å². The monoisotopic (exact) mass is 328 g/mol. The Labute approximate surface area is 121 Å². The van der Waals surface area contributed by atoms with Gasteiger partial charge in [0.25, 0.3) is 0 Å². The molecular weight excluding hydrogens is 320 g/mol. The summed E-state index contributed by atoms with van der Waals surface area (Å²) in [6, 6.07) is 11.0. The highest BCUT2D eigenvalue weighted by atomic mass is 79.9. The van der Waals surface area contributed by atoms with Crippen LogP contribution in [-0.2, 0) is 0 Å². The van der Waals surface area contributed by atoms with Crippen molar-refractivity contribution in [3.05, 3.63) is 56.9 Å². The van der Waals surface area contributed by atoms with Gasteiger partial charge in [0, 0.05) is 5.39 Å². The molecule has 0 saturated heterocycles. The lowest BCUT2D eigenvalue weighted by molar-refractivity contribution is 0.575. The second kappa shape index (κ2) is 3.96. The molecule has 4 heteroatoms. The van der Waals surface area contributed by atoms with E-state index in [9.17, 15) is 4.79 Å². The van der Waals surface area contributed by atoms with Crippen LogP contribution >= 0.6 is 15.9 Å². The van der Waals surface area contributed by atoms with E-state index >= 15 is 0 Å². The number of hydrogen-bond acceptors (Lipinski definition) is 3. The van der Waals surface area contributed by atoms with Gasteiger partial charge in [0.05, 0.1) is 10.8 Å². The Morgan fingerprint density at radius 1 is 1.00 bits per heavy atom. The number of furan rings is 1. The lowest BCUT2D eigenvalue weighted by Gasteiger charge is -2.03. The van der Waals surface area contributed by atoms with Gasteiger partial charge in [-0.05, 0) is 47.1 Å². The second-order valence-electron chi connectivity index (χ2n) is 4.77. The Balaban J connectivity index is 2.33. The molecule has 0 amide bonds. The van der Waals surface area contributed by atoms with Gasteiger partial charge in [-0.1, -0.05) is 12.1 Å². The first-order valence-electron chi connectivity index (χ1n) is 6.19. The summed E-state index contributed by atoms with van der Waals surface area (Å²) < 4.78 is 12.2. The highest BCUT2D eigenvalue weighted by Crippen LogP contribution is 2.34. The Morgan fingerprint density at radius 3 is 2.65 bits per heavy atom. The molecule has 0 aliphatic heterocycles. The minimum absolute atomic E-state index is 0.0247. The van der Waals surface area contributed by atoms with Gasteiger partial charge in [-0.15, -0.1) is 0 Å². The summed E-state index contributed by atoms with van der Waals surface area (Å²) in [7, 11) is 0. The van der Waals surface area contributed by atoms with Crippen LogP contribution in [-0.4, -0.2) is 0 Å². The molecule has 0 spiro atoms. The van der Waals surface area contributed by atoms with E-state index in [4.69, 9.17) is 8.83 Å². The lowest BCUT2D eigenvalue weighted by atomic mass is 10.1. The second-order valence-corrected chi connectivity index (χ2v) is 5.56. The van der Waals surface area contributed by atoms with Crippen LogP contribution in [0.15, 0.2) is 54.5 Å². The van der Waals surface area contributed by atoms with E-state index in [0.29, 0.717) is 32.0 Å². The Kier molecular flexibility index (Phi) is 2.32. The fourth-order valence-electron chi connectivity index (χ4n) is 2.52. The molecule has 20 heavy (non-hydrogen) atoms. The van der Waals surface area contributed by atoms with Crippen LogP contribution in [0.1, 0.15) is 5.76 Å². The van der Waals surface area contributed by atoms with Gasteiger partial charge in [-0.2, -0.15) is 0 Å². The molecule has 0 saturated carbocycles. The number of para-hydroxylation sites is 1. The normalized spacial score (nSPS) is 11.7. The third kappa shape index (κ3) is 1.48. The van der Waals surface area contributed by atoms with E-state index in [-0.39, 0.29) is 5.43 Å². The maximum Gasteiger partial charge on any atom is 0.200 e. The molecule has 0 unspecified atom stereocenters. The van der Waals surface area contributed by atoms with Crippen LogP contribution in [0.4, 0.5) is 0 Å². The summed E-state index contributed by atoms with van der Waals surface area (Å²) in [5, 5.41) is 2.04. The average Bonchev–Trinajstić information content (AvgIpc) is 2.82. The van der Waals surface area contributed by atoms with Gasteiger partial charge in [-0.3, -0.25) is 4.79 Å². The molecule has 2 heterocycles. The van der Waals surface area contributed by atoms with E-state index in [0.717, 1.165) is 11.1 Å². The zero-order chi connectivity index (χ0) is 13.9. The van der Waals surface area contributed by atoms with Crippen molar-refractivity contribution in [1.82, 2.24) is 0 Å². The summed E-state index contributed by atoms with van der Waals surface area (Å²) in [4.78, 5) is 12.6. The summed E-state index contributed by atoms with van der Waals surface area (Å²) in [5.74, 6) is 0.799. The van der Waals surface area contributed by atoms with Crippen molar-refractivity contribution in [2.75, 3.05) is 0 Å². The van der Waals surface area contributed by atoms with Gasteiger partial charge >= 0.3 is 0 Å². The molecule has 0 atom stereocenters. The van der Waals surface area contributed by atoms with Gasteiger partial charge in [0.15, 0.2) is 11.2 Å². The van der Waals surface area contributed by atoms with Crippen molar-refractivity contribution in [3.63, 3.8) is 0 Å². The van der Waals surface area contributed by atoms with E-state index in [2.05, 4.69) is 15.9 Å². The molecule has 98 valence electrons. The van der Waals surface area contributed by atoms with Crippen molar-refractivity contribution in [2.45, 2.75) is 6.92 Å². The zero-order valence-corrected chi connectivity index (χ0v) is 12.2. The number of halogens is 1. The number of aryl methyl sites for hydroxylation is 1. The SMILES string of the molecule is Cc1cc2cc3c(=O)c4ccccc4oc3c(Br)c2o1. The van der Waals surface area contributed by atoms with Crippen LogP contribution < -0.4 is 5.43 Å². The summed E-state index contributed by atoms with van der Waals surface area (Å²) >= 11 is 3.49. The fourth-order valence-corrected chi connectivity index (χ4v) is 3.13. The quantitative estimate of drug-likeness (QED) is 0.437. The maximum atomic E-state index is 12.6. The third-order valence-corrected chi connectivity index (χ3v) is 4.14. The summed E-state index contributed by atoms with van der Waals surface area (Å²) in [5.41, 5.74) is 1.78. The Morgan fingerprint density at radius 2 is 1.80 bits per heavy atom. The molecular formula is C16H9BrO3. The molecule has 3 nitrogen and oxygen atoms in total. The first-order valence-corrected chi connectivity index (χ1v) is 6.98. The van der Waals surface area contributed by atoms with Crippen molar-refractivity contribution in [1.29, 1.82) is 0 Å². The van der Waals surface area contributed by atoms with Gasteiger partial charge in [-0.25, -0.2) is 0 Å². The minimum atomic E-state index is -0.0247. The molecule has 4 rings (SSSR count). The highest BCUT2D eigenvalue weighted by Gasteiger charge is 2.15. The number of fused-ring (bicyclic) bond motifs is 3. The summed E-state index contributed by atoms with van der Waals surface area (Å²) in [6.07, 6.45) is 0. The van der Waals surface area contributed by atoms with Crippen molar-refractivity contribution >= 4 is 48.8 Å². The molecule has 2 aromatic carbocycles. The van der Waals surface area contributed by atoms with E-state index in [1.807, 2.05) is 31.2 Å². The minimum Gasteiger partial charge on any atom is -0.460 e. The average molecular weight is 329 g/mol. The number of benzene rings is 2. The maximum absolute atomic E-state index is 12.6.